The van der Waals surface area contributed by atoms with Gasteiger partial charge in [-0.3, -0.25) is 0 Å². The number of nitrogens with zero attached hydrogens (tertiary/aromatic N) is 3. The molecule has 7 heteroatoms. The maximum Gasteiger partial charge on any atom is 0.243 e. The Bertz CT molecular complexity index is 757. The highest BCUT2D eigenvalue weighted by molar-refractivity contribution is 7.89. The third kappa shape index (κ3) is 4.11. The molecule has 1 fully saturated rings. The number of benzene rings is 1. The summed E-state index contributed by atoms with van der Waals surface area (Å²) in [6.45, 7) is 1.27. The molecule has 1 aliphatic heterocycles. The predicted molar refractivity (Wildman–Crippen MR) is 96.2 cm³/mol. The summed E-state index contributed by atoms with van der Waals surface area (Å²) in [5.74, 6) is 0. The molecule has 1 atom stereocenters. The molecule has 0 bridgehead atoms. The Morgan fingerprint density at radius 2 is 2.04 bits per heavy atom. The van der Waals surface area contributed by atoms with Crippen LogP contribution >= 0.6 is 0 Å². The van der Waals surface area contributed by atoms with Gasteiger partial charge in [-0.25, -0.2) is 13.1 Å². The fraction of sp³-hybridized carbons (Fsp3) is 0.500. The minimum absolute atomic E-state index is 0.0692. The van der Waals surface area contributed by atoms with Crippen molar-refractivity contribution in [3.8, 4) is 5.69 Å². The zero-order valence-corrected chi connectivity index (χ0v) is 15.4. The Morgan fingerprint density at radius 3 is 2.72 bits per heavy atom. The Morgan fingerprint density at radius 1 is 1.24 bits per heavy atom. The summed E-state index contributed by atoms with van der Waals surface area (Å²) in [6.07, 6.45) is 8.19. The van der Waals surface area contributed by atoms with Crippen LogP contribution in [0, 0.1) is 0 Å². The van der Waals surface area contributed by atoms with E-state index in [9.17, 15) is 8.42 Å². The van der Waals surface area contributed by atoms with E-state index in [-0.39, 0.29) is 6.04 Å². The van der Waals surface area contributed by atoms with Crippen LogP contribution in [0.2, 0.25) is 0 Å². The zero-order valence-electron chi connectivity index (χ0n) is 14.5. The third-order valence-electron chi connectivity index (χ3n) is 4.67. The van der Waals surface area contributed by atoms with E-state index in [0.717, 1.165) is 37.8 Å². The van der Waals surface area contributed by atoms with E-state index in [4.69, 9.17) is 4.74 Å². The number of hydrogen-bond acceptors (Lipinski definition) is 4. The largest absolute Gasteiger partial charge is 0.385 e. The molecule has 0 spiro atoms. The van der Waals surface area contributed by atoms with E-state index in [1.54, 1.807) is 46.6 Å². The van der Waals surface area contributed by atoms with Crippen molar-refractivity contribution in [2.45, 2.75) is 43.0 Å². The molecule has 2 aromatic rings. The molecule has 0 aliphatic carbocycles. The quantitative estimate of drug-likeness (QED) is 0.710. The van der Waals surface area contributed by atoms with Crippen LogP contribution in [-0.4, -0.2) is 48.8 Å². The minimum atomic E-state index is -3.47. The summed E-state index contributed by atoms with van der Waals surface area (Å²) in [7, 11) is -1.79. The summed E-state index contributed by atoms with van der Waals surface area (Å²) in [5, 5.41) is 4.17. The summed E-state index contributed by atoms with van der Waals surface area (Å²) in [6, 6.07) is 8.84. The predicted octanol–water partition coefficient (Wildman–Crippen LogP) is 2.84. The maximum atomic E-state index is 13.1. The Labute approximate surface area is 149 Å². The van der Waals surface area contributed by atoms with Gasteiger partial charge in [-0.15, -0.1) is 0 Å². The number of aromatic nitrogens is 2. The number of hydrogen-bond donors (Lipinski definition) is 0. The topological polar surface area (TPSA) is 64.4 Å². The molecule has 1 saturated heterocycles. The molecule has 0 saturated carbocycles. The van der Waals surface area contributed by atoms with Crippen molar-refractivity contribution in [1.82, 2.24) is 14.1 Å². The summed E-state index contributed by atoms with van der Waals surface area (Å²) >= 11 is 0. The van der Waals surface area contributed by atoms with Crippen molar-refractivity contribution in [3.05, 3.63) is 42.7 Å². The Balaban J connectivity index is 1.79. The standard InChI is InChI=1S/C18H25N3O3S/c1-24-15-4-7-17-6-2-3-14-21(17)25(22,23)18-10-8-16(9-11-18)20-13-5-12-19-20/h5,8-13,17H,2-4,6-7,14-15H2,1H3/t17-/m0/s1. The Kier molecular flexibility index (Phi) is 5.88. The van der Waals surface area contributed by atoms with Crippen LogP contribution in [0.4, 0.5) is 0 Å². The maximum absolute atomic E-state index is 13.1. The molecule has 3 rings (SSSR count). The van der Waals surface area contributed by atoms with Gasteiger partial charge in [0.1, 0.15) is 0 Å². The fourth-order valence-electron chi connectivity index (χ4n) is 3.37. The highest BCUT2D eigenvalue weighted by Gasteiger charge is 2.33. The van der Waals surface area contributed by atoms with Crippen LogP contribution in [-0.2, 0) is 14.8 Å². The van der Waals surface area contributed by atoms with Crippen LogP contribution in [0.15, 0.2) is 47.6 Å². The van der Waals surface area contributed by atoms with Crippen molar-refractivity contribution < 1.29 is 13.2 Å². The second kappa shape index (κ2) is 8.12. The number of rotatable bonds is 7. The van der Waals surface area contributed by atoms with Gasteiger partial charge in [0.25, 0.3) is 0 Å². The fourth-order valence-corrected chi connectivity index (χ4v) is 5.09. The summed E-state index contributed by atoms with van der Waals surface area (Å²) in [4.78, 5) is 0.349. The van der Waals surface area contributed by atoms with Crippen LogP contribution in [0.25, 0.3) is 5.69 Å². The minimum Gasteiger partial charge on any atom is -0.385 e. The van der Waals surface area contributed by atoms with Crippen molar-refractivity contribution >= 4 is 10.0 Å². The van der Waals surface area contributed by atoms with Crippen LogP contribution in [0.3, 0.4) is 0 Å². The first-order chi connectivity index (χ1) is 12.1. The summed E-state index contributed by atoms with van der Waals surface area (Å²) in [5.41, 5.74) is 0.847. The molecule has 25 heavy (non-hydrogen) atoms. The highest BCUT2D eigenvalue weighted by atomic mass is 32.2. The molecule has 1 aromatic heterocycles. The number of ether oxygens (including phenoxy) is 1. The SMILES string of the molecule is COCCC[C@@H]1CCCCN1S(=O)(=O)c1ccc(-n2cccn2)cc1. The Hall–Kier alpha value is -1.70. The lowest BCUT2D eigenvalue weighted by Crippen LogP contribution is -2.43. The van der Waals surface area contributed by atoms with Gasteiger partial charge in [0.15, 0.2) is 0 Å². The van der Waals surface area contributed by atoms with Gasteiger partial charge in [0.05, 0.1) is 10.6 Å². The molecule has 2 heterocycles. The molecule has 6 nitrogen and oxygen atoms in total. The van der Waals surface area contributed by atoms with E-state index in [1.807, 2.05) is 12.3 Å². The average Bonchev–Trinajstić information content (AvgIpc) is 3.17. The van der Waals surface area contributed by atoms with Crippen molar-refractivity contribution in [1.29, 1.82) is 0 Å². The van der Waals surface area contributed by atoms with Gasteiger partial charge in [-0.2, -0.15) is 9.40 Å². The van der Waals surface area contributed by atoms with Gasteiger partial charge >= 0.3 is 0 Å². The zero-order chi connectivity index (χ0) is 17.7. The van der Waals surface area contributed by atoms with Crippen LogP contribution < -0.4 is 0 Å². The molecule has 1 aliphatic rings. The number of methoxy groups -OCH3 is 1. The summed E-state index contributed by atoms with van der Waals surface area (Å²) < 4.78 is 34.7. The second-order valence-corrected chi connectivity index (χ2v) is 8.24. The van der Waals surface area contributed by atoms with Crippen molar-refractivity contribution in [2.75, 3.05) is 20.3 Å². The molecule has 0 radical (unpaired) electrons. The number of sulfonamides is 1. The van der Waals surface area contributed by atoms with Gasteiger partial charge in [-0.1, -0.05) is 6.42 Å². The average molecular weight is 363 g/mol. The van der Waals surface area contributed by atoms with Crippen molar-refractivity contribution in [2.24, 2.45) is 0 Å². The lowest BCUT2D eigenvalue weighted by atomic mass is 10.0. The van der Waals surface area contributed by atoms with E-state index in [1.165, 1.54) is 0 Å². The lowest BCUT2D eigenvalue weighted by molar-refractivity contribution is 0.172. The van der Waals surface area contributed by atoms with E-state index in [0.29, 0.717) is 18.0 Å². The van der Waals surface area contributed by atoms with Gasteiger partial charge in [-0.05, 0) is 56.0 Å². The first kappa shape index (κ1) is 18.1. The van der Waals surface area contributed by atoms with E-state index < -0.39 is 10.0 Å². The van der Waals surface area contributed by atoms with Crippen LogP contribution in [0.5, 0.6) is 0 Å². The number of piperidine rings is 1. The lowest BCUT2D eigenvalue weighted by Gasteiger charge is -2.34. The highest BCUT2D eigenvalue weighted by Crippen LogP contribution is 2.28. The molecule has 0 unspecified atom stereocenters. The molecule has 136 valence electrons. The van der Waals surface area contributed by atoms with Gasteiger partial charge in [0.2, 0.25) is 10.0 Å². The van der Waals surface area contributed by atoms with E-state index in [2.05, 4.69) is 5.10 Å². The molecule has 1 aromatic carbocycles. The first-order valence-corrected chi connectivity index (χ1v) is 10.2. The smallest absolute Gasteiger partial charge is 0.243 e. The molecule has 0 amide bonds. The third-order valence-corrected chi connectivity index (χ3v) is 6.64. The molecular weight excluding hydrogens is 338 g/mol. The first-order valence-electron chi connectivity index (χ1n) is 8.74. The van der Waals surface area contributed by atoms with Gasteiger partial charge < -0.3 is 4.74 Å². The van der Waals surface area contributed by atoms with Crippen molar-refractivity contribution in [3.63, 3.8) is 0 Å². The monoisotopic (exact) mass is 363 g/mol. The molecular formula is C18H25N3O3S. The van der Waals surface area contributed by atoms with Gasteiger partial charge in [0, 0.05) is 38.7 Å². The molecule has 0 N–H and O–H groups in total. The van der Waals surface area contributed by atoms with E-state index >= 15 is 0 Å². The second-order valence-electron chi connectivity index (χ2n) is 6.34. The van der Waals surface area contributed by atoms with Crippen LogP contribution in [0.1, 0.15) is 32.1 Å². The normalized spacial score (nSPS) is 19.2.